The number of rotatable bonds is 4. The largest absolute Gasteiger partial charge is 0.314 e. The number of hydrogen-bond donors (Lipinski definition) is 1. The van der Waals surface area contributed by atoms with Gasteiger partial charge in [0.2, 0.25) is 0 Å². The maximum Gasteiger partial charge on any atom is 0.0470 e. The first-order valence-electron chi connectivity index (χ1n) is 6.11. The third-order valence-electron chi connectivity index (χ3n) is 2.99. The zero-order chi connectivity index (χ0) is 12.0. The molecule has 0 aliphatic carbocycles. The first-order valence-corrected chi connectivity index (χ1v) is 6.11. The fourth-order valence-electron chi connectivity index (χ4n) is 2.08. The number of hydrogen-bond acceptors (Lipinski definition) is 2. The lowest BCUT2D eigenvalue weighted by atomic mass is 10.0. The lowest BCUT2D eigenvalue weighted by Gasteiger charge is -2.39. The highest BCUT2D eigenvalue weighted by Gasteiger charge is 2.24. The molecule has 0 aromatic rings. The summed E-state index contributed by atoms with van der Waals surface area (Å²) in [4.78, 5) is 2.51. The van der Waals surface area contributed by atoms with Gasteiger partial charge < -0.3 is 5.32 Å². The smallest absolute Gasteiger partial charge is 0.0470 e. The Morgan fingerprint density at radius 3 is 2.81 bits per heavy atom. The van der Waals surface area contributed by atoms with E-state index in [-0.39, 0.29) is 0 Å². The average molecular weight is 220 g/mol. The molecule has 16 heavy (non-hydrogen) atoms. The molecule has 0 aromatic carbocycles. The molecule has 0 radical (unpaired) electrons. The Morgan fingerprint density at radius 1 is 1.44 bits per heavy atom. The van der Waals surface area contributed by atoms with Gasteiger partial charge in [-0.3, -0.25) is 4.90 Å². The van der Waals surface area contributed by atoms with E-state index in [1.54, 1.807) is 0 Å². The maximum absolute atomic E-state index is 4.18. The van der Waals surface area contributed by atoms with Gasteiger partial charge in [-0.25, -0.2) is 0 Å². The van der Waals surface area contributed by atoms with E-state index in [2.05, 4.69) is 42.8 Å². The summed E-state index contributed by atoms with van der Waals surface area (Å²) in [5.41, 5.74) is 1.19. The van der Waals surface area contributed by atoms with Gasteiger partial charge in [-0.1, -0.05) is 30.9 Å². The van der Waals surface area contributed by atoms with Crippen LogP contribution >= 0.6 is 0 Å². The number of allylic oxidation sites excluding steroid dienone is 3. The topological polar surface area (TPSA) is 15.3 Å². The minimum Gasteiger partial charge on any atom is -0.314 e. The Morgan fingerprint density at radius 2 is 2.19 bits per heavy atom. The van der Waals surface area contributed by atoms with Crippen molar-refractivity contribution in [3.05, 3.63) is 36.5 Å². The van der Waals surface area contributed by atoms with Gasteiger partial charge >= 0.3 is 0 Å². The van der Waals surface area contributed by atoms with Crippen molar-refractivity contribution < 1.29 is 0 Å². The van der Waals surface area contributed by atoms with Crippen LogP contribution in [0.3, 0.4) is 0 Å². The monoisotopic (exact) mass is 220 g/mol. The zero-order valence-corrected chi connectivity index (χ0v) is 10.7. The van der Waals surface area contributed by atoms with Crippen molar-refractivity contribution in [3.63, 3.8) is 0 Å². The lowest BCUT2D eigenvalue weighted by Crippen LogP contribution is -2.54. The predicted octanol–water partition coefficient (Wildman–Crippen LogP) is 2.36. The van der Waals surface area contributed by atoms with Gasteiger partial charge in [0, 0.05) is 31.7 Å². The maximum atomic E-state index is 4.18. The quantitative estimate of drug-likeness (QED) is 0.732. The van der Waals surface area contributed by atoms with Crippen LogP contribution in [0, 0.1) is 0 Å². The Balaban J connectivity index is 2.64. The number of nitrogens with zero attached hydrogens (tertiary/aromatic N) is 1. The zero-order valence-electron chi connectivity index (χ0n) is 10.7. The highest BCUT2D eigenvalue weighted by Crippen LogP contribution is 2.15. The highest BCUT2D eigenvalue weighted by atomic mass is 15.2. The third kappa shape index (κ3) is 3.62. The summed E-state index contributed by atoms with van der Waals surface area (Å²) in [6.07, 6.45) is 8.26. The van der Waals surface area contributed by atoms with Crippen LogP contribution in [-0.4, -0.2) is 36.6 Å². The van der Waals surface area contributed by atoms with Crippen molar-refractivity contribution in [2.24, 2.45) is 0 Å². The van der Waals surface area contributed by atoms with Gasteiger partial charge in [0.25, 0.3) is 0 Å². The first-order chi connectivity index (χ1) is 7.66. The number of piperazine rings is 1. The molecule has 90 valence electrons. The van der Waals surface area contributed by atoms with Gasteiger partial charge in [0.05, 0.1) is 0 Å². The van der Waals surface area contributed by atoms with Gasteiger partial charge in [-0.15, -0.1) is 0 Å². The van der Waals surface area contributed by atoms with Crippen LogP contribution in [0.1, 0.15) is 20.8 Å². The summed E-state index contributed by atoms with van der Waals surface area (Å²) in [6, 6.07) is 1.02. The Hall–Kier alpha value is -0.860. The minimum atomic E-state index is 0.440. The number of nitrogens with one attached hydrogen (secondary N) is 1. The van der Waals surface area contributed by atoms with Gasteiger partial charge in [-0.2, -0.15) is 0 Å². The molecule has 2 nitrogen and oxygen atoms in total. The average Bonchev–Trinajstić information content (AvgIpc) is 2.29. The van der Waals surface area contributed by atoms with Crippen LogP contribution in [0.15, 0.2) is 36.5 Å². The predicted molar refractivity (Wildman–Crippen MR) is 71.6 cm³/mol. The Labute approximate surface area is 99.7 Å². The van der Waals surface area contributed by atoms with Crippen molar-refractivity contribution in [3.8, 4) is 0 Å². The molecule has 1 rings (SSSR count). The van der Waals surface area contributed by atoms with Crippen molar-refractivity contribution >= 4 is 0 Å². The lowest BCUT2D eigenvalue weighted by molar-refractivity contribution is 0.147. The molecule has 1 heterocycles. The van der Waals surface area contributed by atoms with Crippen LogP contribution in [0.25, 0.3) is 0 Å². The molecule has 0 bridgehead atoms. The molecule has 0 unspecified atom stereocenters. The van der Waals surface area contributed by atoms with E-state index < -0.39 is 0 Å². The summed E-state index contributed by atoms with van der Waals surface area (Å²) in [6.45, 7) is 13.9. The minimum absolute atomic E-state index is 0.440. The first kappa shape index (κ1) is 13.2. The van der Waals surface area contributed by atoms with Crippen LogP contribution in [-0.2, 0) is 0 Å². The van der Waals surface area contributed by atoms with Crippen molar-refractivity contribution in [2.75, 3.05) is 19.6 Å². The van der Waals surface area contributed by atoms with Gasteiger partial charge in [0.15, 0.2) is 0 Å². The van der Waals surface area contributed by atoms with E-state index in [1.807, 2.05) is 19.1 Å². The second kappa shape index (κ2) is 6.66. The third-order valence-corrected chi connectivity index (χ3v) is 2.99. The fourth-order valence-corrected chi connectivity index (χ4v) is 2.08. The van der Waals surface area contributed by atoms with E-state index in [1.165, 1.54) is 5.57 Å². The summed E-state index contributed by atoms with van der Waals surface area (Å²) >= 11 is 0. The second-order valence-electron chi connectivity index (χ2n) is 4.51. The molecule has 1 aliphatic heterocycles. The van der Waals surface area contributed by atoms with E-state index in [4.69, 9.17) is 0 Å². The molecular weight excluding hydrogens is 196 g/mol. The van der Waals surface area contributed by atoms with Crippen LogP contribution in [0.5, 0.6) is 0 Å². The van der Waals surface area contributed by atoms with Gasteiger partial charge in [0.1, 0.15) is 0 Å². The molecule has 0 aromatic heterocycles. The van der Waals surface area contributed by atoms with Crippen LogP contribution < -0.4 is 5.32 Å². The second-order valence-corrected chi connectivity index (χ2v) is 4.51. The summed E-state index contributed by atoms with van der Waals surface area (Å²) in [5, 5.41) is 3.44. The molecule has 1 aliphatic rings. The van der Waals surface area contributed by atoms with E-state index >= 15 is 0 Å². The van der Waals surface area contributed by atoms with Crippen molar-refractivity contribution in [1.29, 1.82) is 0 Å². The Bertz CT molecular complexity index is 276. The summed E-state index contributed by atoms with van der Waals surface area (Å²) in [7, 11) is 0. The van der Waals surface area contributed by atoms with E-state index in [0.717, 1.165) is 19.6 Å². The van der Waals surface area contributed by atoms with Crippen molar-refractivity contribution in [2.45, 2.75) is 32.9 Å². The summed E-state index contributed by atoms with van der Waals surface area (Å²) < 4.78 is 0. The molecule has 0 saturated carbocycles. The van der Waals surface area contributed by atoms with Crippen LogP contribution in [0.2, 0.25) is 0 Å². The Kier molecular flexibility index (Phi) is 5.50. The molecule has 0 spiro atoms. The fraction of sp³-hybridized carbons (Fsp3) is 0.571. The molecule has 1 N–H and O–H groups in total. The molecule has 1 atom stereocenters. The van der Waals surface area contributed by atoms with Crippen molar-refractivity contribution in [1.82, 2.24) is 10.2 Å². The molecule has 2 heteroatoms. The normalized spacial score (nSPS) is 23.6. The van der Waals surface area contributed by atoms with E-state index in [9.17, 15) is 0 Å². The standard InChI is InChI=1S/C14H24N2/c1-5-6-7-8-13(4)14-11-15-9-10-16(14)12(2)3/h5-8,12,14-15H,4,9-11H2,1-3H3/b6-5-,8-7-/t14-/m0/s1. The molecule has 1 fully saturated rings. The van der Waals surface area contributed by atoms with Gasteiger partial charge in [-0.05, 0) is 26.3 Å². The molecule has 0 amide bonds. The molecular formula is C14H24N2. The SMILES string of the molecule is C=C(/C=C\C=C/C)[C@@H]1CNCCN1C(C)C. The summed E-state index contributed by atoms with van der Waals surface area (Å²) in [5.74, 6) is 0. The van der Waals surface area contributed by atoms with E-state index in [0.29, 0.717) is 12.1 Å². The highest BCUT2D eigenvalue weighted by molar-refractivity contribution is 5.25. The molecule has 1 saturated heterocycles. The van der Waals surface area contributed by atoms with Crippen LogP contribution in [0.4, 0.5) is 0 Å².